The molecule has 0 aliphatic rings. The largest absolute Gasteiger partial charge is 0.366 e. The molecular weight excluding hydrogens is 400 g/mol. The van der Waals surface area contributed by atoms with Crippen LogP contribution in [0.2, 0.25) is 0 Å². The van der Waals surface area contributed by atoms with Crippen LogP contribution in [0.4, 0.5) is 11.4 Å². The highest BCUT2D eigenvalue weighted by molar-refractivity contribution is 7.86. The average molecular weight is 412 g/mol. The van der Waals surface area contributed by atoms with E-state index in [2.05, 4.69) is 0 Å². The second-order valence-electron chi connectivity index (χ2n) is 4.95. The maximum Gasteiger partial charge on any atom is 0.295 e. The summed E-state index contributed by atoms with van der Waals surface area (Å²) in [5.74, 6) is -1.85. The molecule has 0 heterocycles. The number of nitrogens with zero attached hydrogens (tertiary/aromatic N) is 2. The van der Waals surface area contributed by atoms with Crippen molar-refractivity contribution < 1.29 is 32.4 Å². The van der Waals surface area contributed by atoms with Gasteiger partial charge in [-0.15, -0.1) is 0 Å². The van der Waals surface area contributed by atoms with Crippen molar-refractivity contribution in [1.82, 2.24) is 0 Å². The van der Waals surface area contributed by atoms with Crippen molar-refractivity contribution in [2.45, 2.75) is 4.90 Å². The third-order valence-electron chi connectivity index (χ3n) is 3.04. The second kappa shape index (κ2) is 8.65. The van der Waals surface area contributed by atoms with Gasteiger partial charge in [0.2, 0.25) is 11.8 Å². The monoisotopic (exact) mass is 412 g/mol. The molecule has 28 heavy (non-hydrogen) atoms. The van der Waals surface area contributed by atoms with E-state index < -0.39 is 48.0 Å². The van der Waals surface area contributed by atoms with E-state index in [9.17, 15) is 38.2 Å². The molecule has 2 rings (SSSR count). The third kappa shape index (κ3) is 5.82. The minimum absolute atomic E-state index is 0.218. The van der Waals surface area contributed by atoms with E-state index in [1.165, 1.54) is 18.2 Å². The summed E-state index contributed by atoms with van der Waals surface area (Å²) in [7, 11) is -4.38. The van der Waals surface area contributed by atoms with Crippen LogP contribution < -0.4 is 11.5 Å². The molecule has 0 fully saturated rings. The van der Waals surface area contributed by atoms with Crippen LogP contribution in [-0.2, 0) is 10.1 Å². The van der Waals surface area contributed by atoms with Crippen molar-refractivity contribution in [3.05, 3.63) is 73.8 Å². The normalized spacial score (nSPS) is 10.3. The SMILES string of the molecule is NC(=O)c1cc([N+](=O)[O-])cc([N+](=O)[O-])c1.NC(=O)c1ccccc1S(=O)(=O)O. The fraction of sp³-hybridized carbons (Fsp3) is 0. The zero-order valence-corrected chi connectivity index (χ0v) is 14.5. The van der Waals surface area contributed by atoms with E-state index >= 15 is 0 Å². The number of carbonyl (C=O) groups is 2. The third-order valence-corrected chi connectivity index (χ3v) is 3.95. The molecule has 2 aromatic rings. The summed E-state index contributed by atoms with van der Waals surface area (Å²) in [6.45, 7) is 0. The number of carbonyl (C=O) groups excluding carboxylic acids is 2. The molecule has 0 saturated heterocycles. The molecule has 0 spiro atoms. The first-order chi connectivity index (χ1) is 12.8. The van der Waals surface area contributed by atoms with Crippen molar-refractivity contribution in [3.63, 3.8) is 0 Å². The summed E-state index contributed by atoms with van der Waals surface area (Å²) in [6.07, 6.45) is 0. The minimum atomic E-state index is -4.38. The van der Waals surface area contributed by atoms with Gasteiger partial charge in [0.15, 0.2) is 0 Å². The van der Waals surface area contributed by atoms with E-state index in [1.807, 2.05) is 0 Å². The van der Waals surface area contributed by atoms with Gasteiger partial charge in [0, 0.05) is 12.1 Å². The van der Waals surface area contributed by atoms with Crippen LogP contribution in [0, 0.1) is 20.2 Å². The van der Waals surface area contributed by atoms with Crippen LogP contribution in [0.1, 0.15) is 20.7 Å². The molecule has 2 aromatic carbocycles. The van der Waals surface area contributed by atoms with Crippen molar-refractivity contribution in [2.75, 3.05) is 0 Å². The molecule has 0 saturated carbocycles. The first-order valence-electron chi connectivity index (χ1n) is 6.94. The van der Waals surface area contributed by atoms with Gasteiger partial charge in [-0.1, -0.05) is 12.1 Å². The Morgan fingerprint density at radius 3 is 1.68 bits per heavy atom. The van der Waals surface area contributed by atoms with Crippen LogP contribution >= 0.6 is 0 Å². The Kier molecular flexibility index (Phi) is 6.84. The average Bonchev–Trinajstić information content (AvgIpc) is 2.61. The molecule has 0 aliphatic carbocycles. The summed E-state index contributed by atoms with van der Waals surface area (Å²) in [5.41, 5.74) is 8.19. The number of nitro groups is 2. The number of hydrogen-bond acceptors (Lipinski definition) is 8. The van der Waals surface area contributed by atoms with Crippen LogP contribution in [-0.4, -0.2) is 34.6 Å². The molecule has 0 aliphatic heterocycles. The van der Waals surface area contributed by atoms with E-state index in [4.69, 9.17) is 16.0 Å². The molecule has 13 nitrogen and oxygen atoms in total. The fourth-order valence-electron chi connectivity index (χ4n) is 1.84. The Morgan fingerprint density at radius 2 is 1.36 bits per heavy atom. The maximum absolute atomic E-state index is 10.7. The lowest BCUT2D eigenvalue weighted by atomic mass is 10.1. The lowest BCUT2D eigenvalue weighted by molar-refractivity contribution is -0.394. The van der Waals surface area contributed by atoms with Gasteiger partial charge in [0.05, 0.1) is 27.0 Å². The van der Waals surface area contributed by atoms with Gasteiger partial charge in [-0.3, -0.25) is 34.4 Å². The topological polar surface area (TPSA) is 227 Å². The molecule has 0 atom stereocenters. The minimum Gasteiger partial charge on any atom is -0.366 e. The Morgan fingerprint density at radius 1 is 0.893 bits per heavy atom. The second-order valence-corrected chi connectivity index (χ2v) is 6.34. The molecule has 0 bridgehead atoms. The molecule has 0 aromatic heterocycles. The number of benzene rings is 2. The van der Waals surface area contributed by atoms with Crippen LogP contribution in [0.15, 0.2) is 47.4 Å². The number of primary amides is 2. The van der Waals surface area contributed by atoms with Gasteiger partial charge < -0.3 is 11.5 Å². The molecule has 5 N–H and O–H groups in total. The molecular formula is C14H12N4O9S. The predicted molar refractivity (Wildman–Crippen MR) is 93.0 cm³/mol. The number of nitro benzene ring substituents is 2. The molecule has 14 heteroatoms. The lowest BCUT2D eigenvalue weighted by Gasteiger charge is -2.01. The highest BCUT2D eigenvalue weighted by Gasteiger charge is 2.18. The number of hydrogen-bond donors (Lipinski definition) is 3. The fourth-order valence-corrected chi connectivity index (χ4v) is 2.54. The van der Waals surface area contributed by atoms with Crippen LogP contribution in [0.5, 0.6) is 0 Å². The van der Waals surface area contributed by atoms with E-state index in [0.29, 0.717) is 0 Å². The zero-order valence-electron chi connectivity index (χ0n) is 13.7. The van der Waals surface area contributed by atoms with Crippen LogP contribution in [0.3, 0.4) is 0 Å². The van der Waals surface area contributed by atoms with E-state index in [1.54, 1.807) is 0 Å². The highest BCUT2D eigenvalue weighted by Crippen LogP contribution is 2.22. The summed E-state index contributed by atoms with van der Waals surface area (Å²) < 4.78 is 30.1. The van der Waals surface area contributed by atoms with Crippen molar-refractivity contribution >= 4 is 33.3 Å². The van der Waals surface area contributed by atoms with Gasteiger partial charge in [-0.25, -0.2) is 0 Å². The van der Waals surface area contributed by atoms with Gasteiger partial charge in [-0.05, 0) is 12.1 Å². The first-order valence-corrected chi connectivity index (χ1v) is 8.38. The summed E-state index contributed by atoms with van der Waals surface area (Å²) in [6, 6.07) is 7.70. The van der Waals surface area contributed by atoms with Gasteiger partial charge >= 0.3 is 0 Å². The van der Waals surface area contributed by atoms with Gasteiger partial charge in [0.1, 0.15) is 4.90 Å². The number of amides is 2. The molecule has 2 amide bonds. The highest BCUT2D eigenvalue weighted by atomic mass is 32.2. The van der Waals surface area contributed by atoms with E-state index in [0.717, 1.165) is 24.3 Å². The first kappa shape index (κ1) is 22.1. The summed E-state index contributed by atoms with van der Waals surface area (Å²) in [5, 5.41) is 20.8. The lowest BCUT2D eigenvalue weighted by Crippen LogP contribution is -2.15. The van der Waals surface area contributed by atoms with E-state index in [-0.39, 0.29) is 11.1 Å². The van der Waals surface area contributed by atoms with Gasteiger partial charge in [-0.2, -0.15) is 8.42 Å². The van der Waals surface area contributed by atoms with Crippen molar-refractivity contribution in [1.29, 1.82) is 0 Å². The standard InChI is InChI=1S/C7H5N3O5.C7H7NO4S/c8-7(11)4-1-5(9(12)13)3-6(2-4)10(14)15;8-7(9)5-3-1-2-4-6(5)13(10,11)12/h1-3H,(H2,8,11);1-4H,(H2,8,9)(H,10,11,12). The van der Waals surface area contributed by atoms with Gasteiger partial charge in [0.25, 0.3) is 21.5 Å². The quantitative estimate of drug-likeness (QED) is 0.355. The molecule has 0 unspecified atom stereocenters. The number of rotatable bonds is 5. The number of non-ortho nitro benzene ring substituents is 2. The van der Waals surface area contributed by atoms with Crippen molar-refractivity contribution in [2.24, 2.45) is 11.5 Å². The van der Waals surface area contributed by atoms with Crippen molar-refractivity contribution in [3.8, 4) is 0 Å². The number of nitrogens with two attached hydrogens (primary N) is 2. The Balaban J connectivity index is 0.000000283. The summed E-state index contributed by atoms with van der Waals surface area (Å²) in [4.78, 5) is 40.1. The molecule has 0 radical (unpaired) electrons. The Labute approximate surface area is 156 Å². The Bertz CT molecular complexity index is 987. The predicted octanol–water partition coefficient (Wildman–Crippen LogP) is 0.634. The smallest absolute Gasteiger partial charge is 0.295 e. The summed E-state index contributed by atoms with van der Waals surface area (Å²) >= 11 is 0. The van der Waals surface area contributed by atoms with Crippen LogP contribution in [0.25, 0.3) is 0 Å². The molecule has 148 valence electrons. The zero-order chi connectivity index (χ0) is 21.6. The maximum atomic E-state index is 10.7. The Hall–Kier alpha value is -3.91.